The number of aliphatic hydroxyl groups is 1. The Bertz CT molecular complexity index is 1300. The second-order valence-electron chi connectivity index (χ2n) is 18.1. The van der Waals surface area contributed by atoms with Gasteiger partial charge in [-0.05, 0) is 122 Å². The summed E-state index contributed by atoms with van der Waals surface area (Å²) in [6.45, 7) is 11.5. The monoisotopic (exact) mass is 663 g/mol. The second kappa shape index (κ2) is 11.4. The highest BCUT2D eigenvalue weighted by Gasteiger charge is 2.83. The summed E-state index contributed by atoms with van der Waals surface area (Å²) in [5, 5.41) is 11.9. The Balaban J connectivity index is 1.04. The smallest absolute Gasteiger partial charge is 0.223 e. The van der Waals surface area contributed by atoms with Crippen molar-refractivity contribution < 1.29 is 32.5 Å². The van der Waals surface area contributed by atoms with Crippen LogP contribution in [-0.4, -0.2) is 87.7 Å². The maximum absolute atomic E-state index is 12.9. The third-order valence-corrected chi connectivity index (χ3v) is 16.8. The molecule has 9 heteroatoms. The Morgan fingerprint density at radius 1 is 1.02 bits per heavy atom. The van der Waals surface area contributed by atoms with Crippen LogP contribution in [0.2, 0.25) is 0 Å². The minimum absolute atomic E-state index is 0.0175. The molecule has 7 aliphatic rings. The summed E-state index contributed by atoms with van der Waals surface area (Å²) >= 11 is 0. The summed E-state index contributed by atoms with van der Waals surface area (Å²) < 4.78 is 42.5. The Morgan fingerprint density at radius 3 is 2.43 bits per heavy atom. The Labute approximate surface area is 278 Å². The summed E-state index contributed by atoms with van der Waals surface area (Å²) in [7, 11) is -1.49. The molecule has 1 aliphatic heterocycles. The van der Waals surface area contributed by atoms with E-state index in [1.165, 1.54) is 44.8 Å². The molecule has 7 unspecified atom stereocenters. The number of nitrogens with zero attached hydrogens (tertiary/aromatic N) is 1. The van der Waals surface area contributed by atoms with E-state index in [9.17, 15) is 18.3 Å². The zero-order valence-electron chi connectivity index (χ0n) is 29.4. The predicted octanol–water partition coefficient (Wildman–Crippen LogP) is 5.61. The lowest BCUT2D eigenvalue weighted by Gasteiger charge is -2.63. The molecular formula is C37H61NO7S. The van der Waals surface area contributed by atoms with Crippen molar-refractivity contribution in [2.24, 2.45) is 50.7 Å². The van der Waals surface area contributed by atoms with E-state index >= 15 is 0 Å². The van der Waals surface area contributed by atoms with Gasteiger partial charge in [-0.1, -0.05) is 27.7 Å². The molecule has 6 aliphatic carbocycles. The lowest BCUT2D eigenvalue weighted by molar-refractivity contribution is -0.248. The van der Waals surface area contributed by atoms with Gasteiger partial charge in [0.1, 0.15) is 9.84 Å². The van der Waals surface area contributed by atoms with Crippen molar-refractivity contribution in [3.8, 4) is 0 Å². The quantitative estimate of drug-likeness (QED) is 0.325. The van der Waals surface area contributed by atoms with Gasteiger partial charge in [-0.2, -0.15) is 0 Å². The fourth-order valence-corrected chi connectivity index (χ4v) is 14.0. The van der Waals surface area contributed by atoms with Crippen LogP contribution in [0.25, 0.3) is 0 Å². The second-order valence-corrected chi connectivity index (χ2v) is 20.3. The van der Waals surface area contributed by atoms with Crippen molar-refractivity contribution in [1.29, 1.82) is 0 Å². The lowest BCUT2D eigenvalue weighted by Crippen LogP contribution is -2.60. The van der Waals surface area contributed by atoms with E-state index in [1.54, 1.807) is 7.11 Å². The molecule has 1 N–H and O–H groups in total. The molecule has 1 amide bonds. The molecule has 0 bridgehead atoms. The highest BCUT2D eigenvalue weighted by atomic mass is 32.2. The van der Waals surface area contributed by atoms with Crippen molar-refractivity contribution in [3.63, 3.8) is 0 Å². The molecule has 0 aromatic rings. The average molecular weight is 664 g/mol. The molecule has 7 rings (SSSR count). The highest BCUT2D eigenvalue weighted by Crippen LogP contribution is 2.89. The number of hydrogen-bond donors (Lipinski definition) is 1. The lowest BCUT2D eigenvalue weighted by atomic mass is 9.41. The van der Waals surface area contributed by atoms with Crippen LogP contribution in [0.1, 0.15) is 111 Å². The number of methoxy groups -OCH3 is 1. The van der Waals surface area contributed by atoms with Gasteiger partial charge in [0.25, 0.3) is 0 Å². The van der Waals surface area contributed by atoms with Gasteiger partial charge < -0.3 is 24.2 Å². The van der Waals surface area contributed by atoms with E-state index in [0.717, 1.165) is 38.5 Å². The van der Waals surface area contributed by atoms with E-state index in [0.29, 0.717) is 60.6 Å². The van der Waals surface area contributed by atoms with Gasteiger partial charge in [-0.15, -0.1) is 0 Å². The Hall–Kier alpha value is -0.740. The molecule has 0 aromatic heterocycles. The molecule has 6 saturated carbocycles. The topological polar surface area (TPSA) is 102 Å². The normalized spacial score (nSPS) is 46.9. The number of carbonyl (C=O) groups is 1. The van der Waals surface area contributed by atoms with Crippen LogP contribution in [0.4, 0.5) is 0 Å². The number of fused-ring (bicyclic) bond motifs is 2. The molecule has 7 fully saturated rings. The summed E-state index contributed by atoms with van der Waals surface area (Å²) in [5.74, 6) is 2.40. The van der Waals surface area contributed by atoms with Crippen molar-refractivity contribution >= 4 is 15.7 Å². The number of amides is 1. The van der Waals surface area contributed by atoms with Gasteiger partial charge >= 0.3 is 0 Å². The number of hydrogen-bond acceptors (Lipinski definition) is 7. The van der Waals surface area contributed by atoms with E-state index in [-0.39, 0.29) is 52.5 Å². The first-order valence-corrected chi connectivity index (χ1v) is 20.6. The van der Waals surface area contributed by atoms with Crippen molar-refractivity contribution in [1.82, 2.24) is 4.90 Å². The van der Waals surface area contributed by atoms with Crippen LogP contribution in [0.3, 0.4) is 0 Å². The fraction of sp³-hybridized carbons (Fsp3) is 0.973. The molecule has 2 spiro atoms. The SMILES string of the molecule is COC(CC[C@H]1C[C@H](O)[C@@]2(C)C3CCC4C(C)(C)C(O[C@H]5CN(C(=O)CC6CC6)CCO5)CCC45CC35CCC12C)CS(C)(=O)=O. The molecule has 46 heavy (non-hydrogen) atoms. The average Bonchev–Trinajstić information content (AvgIpc) is 3.91. The third-order valence-electron chi connectivity index (χ3n) is 15.8. The van der Waals surface area contributed by atoms with E-state index in [2.05, 4.69) is 27.7 Å². The number of rotatable bonds is 10. The number of sulfone groups is 1. The summed E-state index contributed by atoms with van der Waals surface area (Å²) in [4.78, 5) is 14.8. The van der Waals surface area contributed by atoms with Crippen molar-refractivity contribution in [3.05, 3.63) is 0 Å². The van der Waals surface area contributed by atoms with Crippen LogP contribution >= 0.6 is 0 Å². The number of morpholine rings is 1. The molecule has 0 radical (unpaired) electrons. The van der Waals surface area contributed by atoms with Crippen LogP contribution in [-0.2, 0) is 28.8 Å². The van der Waals surface area contributed by atoms with Crippen molar-refractivity contribution in [2.75, 3.05) is 38.8 Å². The molecule has 1 saturated heterocycles. The predicted molar refractivity (Wildman–Crippen MR) is 177 cm³/mol. The number of ether oxygens (including phenoxy) is 3. The van der Waals surface area contributed by atoms with Gasteiger partial charge in [0, 0.05) is 31.7 Å². The van der Waals surface area contributed by atoms with Crippen LogP contribution < -0.4 is 0 Å². The maximum Gasteiger partial charge on any atom is 0.223 e. The number of aliphatic hydroxyl groups excluding tert-OH is 1. The highest BCUT2D eigenvalue weighted by molar-refractivity contribution is 7.90. The first-order valence-electron chi connectivity index (χ1n) is 18.5. The minimum atomic E-state index is -3.11. The van der Waals surface area contributed by atoms with Gasteiger partial charge in [0.2, 0.25) is 5.91 Å². The molecule has 11 atom stereocenters. The van der Waals surface area contributed by atoms with Gasteiger partial charge in [-0.25, -0.2) is 8.42 Å². The third kappa shape index (κ3) is 5.17. The number of carbonyl (C=O) groups excluding carboxylic acids is 1. The molecule has 1 heterocycles. The molecule has 8 nitrogen and oxygen atoms in total. The van der Waals surface area contributed by atoms with Crippen LogP contribution in [0.15, 0.2) is 0 Å². The van der Waals surface area contributed by atoms with Gasteiger partial charge in [0.15, 0.2) is 6.29 Å². The summed E-state index contributed by atoms with van der Waals surface area (Å²) in [6, 6.07) is 0. The summed E-state index contributed by atoms with van der Waals surface area (Å²) in [6.07, 6.45) is 14.2. The molecular weight excluding hydrogens is 602 g/mol. The van der Waals surface area contributed by atoms with Crippen LogP contribution in [0.5, 0.6) is 0 Å². The van der Waals surface area contributed by atoms with E-state index in [4.69, 9.17) is 14.2 Å². The zero-order chi connectivity index (χ0) is 32.9. The van der Waals surface area contributed by atoms with E-state index in [1.807, 2.05) is 4.90 Å². The van der Waals surface area contributed by atoms with Crippen LogP contribution in [0, 0.1) is 50.7 Å². The van der Waals surface area contributed by atoms with Gasteiger partial charge in [-0.3, -0.25) is 4.79 Å². The maximum atomic E-state index is 12.9. The fourth-order valence-electron chi connectivity index (χ4n) is 13.0. The van der Waals surface area contributed by atoms with Crippen molar-refractivity contribution in [2.45, 2.75) is 136 Å². The zero-order valence-corrected chi connectivity index (χ0v) is 30.2. The first-order chi connectivity index (χ1) is 21.6. The van der Waals surface area contributed by atoms with Gasteiger partial charge in [0.05, 0.1) is 37.2 Å². The minimum Gasteiger partial charge on any atom is -0.393 e. The largest absolute Gasteiger partial charge is 0.393 e. The Morgan fingerprint density at radius 2 is 1.74 bits per heavy atom. The summed E-state index contributed by atoms with van der Waals surface area (Å²) in [5.41, 5.74) is 0.565. The molecule has 0 aromatic carbocycles. The Kier molecular flexibility index (Phi) is 8.36. The van der Waals surface area contributed by atoms with E-state index < -0.39 is 9.84 Å². The standard InChI is InChI=1S/C37H61NO7S/c1-33(2)27-11-12-28-35(4)29(39)20-25(9-10-26(43-5)22-46(6,41)42)34(35,3)15-16-37(28)23-36(27,37)14-13-30(33)45-32-21-38(17-18-44-32)31(40)19-24-7-8-24/h24-30,32,39H,7-23H2,1-6H3/t25-,26?,27?,28?,29-,30?,32-,34?,35+,36?,37?/m0/s1. The first kappa shape index (κ1) is 33.7. The molecule has 262 valence electrons.